The smallest absolute Gasteiger partial charge is 0.231 e. The number of aromatic nitrogens is 2. The highest BCUT2D eigenvalue weighted by Crippen LogP contribution is 2.14. The van der Waals surface area contributed by atoms with Gasteiger partial charge in [0.05, 0.1) is 6.42 Å². The Bertz CT molecular complexity index is 649. The van der Waals surface area contributed by atoms with E-state index in [1.807, 2.05) is 0 Å². The van der Waals surface area contributed by atoms with Gasteiger partial charge < -0.3 is 9.63 Å². The summed E-state index contributed by atoms with van der Waals surface area (Å²) in [5, 5.41) is 12.9. The molecule has 1 aromatic carbocycles. The van der Waals surface area contributed by atoms with Crippen LogP contribution < -0.4 is 0 Å². The Kier molecular flexibility index (Phi) is 3.33. The quantitative estimate of drug-likeness (QED) is 0.885. The summed E-state index contributed by atoms with van der Waals surface area (Å²) in [6.07, 6.45) is 1.46. The van der Waals surface area contributed by atoms with E-state index in [1.54, 1.807) is 24.3 Å². The first kappa shape index (κ1) is 12.6. The number of benzene rings is 1. The average Bonchev–Trinajstić information content (AvgIpc) is 2.62. The van der Waals surface area contributed by atoms with Gasteiger partial charge in [0.1, 0.15) is 11.5 Å². The zero-order chi connectivity index (χ0) is 13.2. The predicted molar refractivity (Wildman–Crippen MR) is 63.8 cm³/mol. The normalized spacial score (nSPS) is 11.6. The molecule has 0 saturated carbocycles. The summed E-state index contributed by atoms with van der Waals surface area (Å²) in [5.41, 5.74) is 0.810. The summed E-state index contributed by atoms with van der Waals surface area (Å²) in [5.74, 6) is 0.381. The fourth-order valence-corrected chi connectivity index (χ4v) is 2.08. The highest BCUT2D eigenvalue weighted by molar-refractivity contribution is 7.89. The van der Waals surface area contributed by atoms with Gasteiger partial charge in [0.2, 0.25) is 5.89 Å². The van der Waals surface area contributed by atoms with E-state index in [1.165, 1.54) is 0 Å². The molecule has 1 heterocycles. The fourth-order valence-electron chi connectivity index (χ4n) is 1.50. The second-order valence-electron chi connectivity index (χ2n) is 4.02. The number of phenols is 1. The summed E-state index contributed by atoms with van der Waals surface area (Å²) >= 11 is 0. The molecule has 1 aromatic heterocycles. The van der Waals surface area contributed by atoms with Crippen LogP contribution in [0.1, 0.15) is 17.3 Å². The van der Waals surface area contributed by atoms with Crippen LogP contribution in [0.25, 0.3) is 0 Å². The summed E-state index contributed by atoms with van der Waals surface area (Å²) in [4.78, 5) is 3.98. The molecule has 0 aliphatic heterocycles. The van der Waals surface area contributed by atoms with E-state index < -0.39 is 9.84 Å². The summed E-state index contributed by atoms with van der Waals surface area (Å²) in [7, 11) is -3.17. The molecule has 0 saturated heterocycles. The van der Waals surface area contributed by atoms with Crippen LogP contribution in [0.5, 0.6) is 5.75 Å². The first-order valence-electron chi connectivity index (χ1n) is 5.19. The Morgan fingerprint density at radius 2 is 2.17 bits per heavy atom. The maximum absolute atomic E-state index is 11.1. The van der Waals surface area contributed by atoms with Gasteiger partial charge in [0, 0.05) is 6.26 Å². The summed E-state index contributed by atoms with van der Waals surface area (Å²) in [6.45, 7) is 0. The van der Waals surface area contributed by atoms with Crippen molar-refractivity contribution in [3.8, 4) is 5.75 Å². The summed E-state index contributed by atoms with van der Waals surface area (Å²) < 4.78 is 27.1. The molecule has 0 spiro atoms. The largest absolute Gasteiger partial charge is 0.508 e. The fraction of sp³-hybridized carbons (Fsp3) is 0.273. The van der Waals surface area contributed by atoms with Crippen molar-refractivity contribution in [1.29, 1.82) is 0 Å². The zero-order valence-electron chi connectivity index (χ0n) is 9.70. The van der Waals surface area contributed by atoms with Crippen molar-refractivity contribution >= 4 is 9.84 Å². The van der Waals surface area contributed by atoms with Crippen molar-refractivity contribution in [3.63, 3.8) is 0 Å². The van der Waals surface area contributed by atoms with Gasteiger partial charge in [-0.15, -0.1) is 0 Å². The minimum Gasteiger partial charge on any atom is -0.508 e. The maximum atomic E-state index is 11.1. The Labute approximate surface area is 104 Å². The van der Waals surface area contributed by atoms with Gasteiger partial charge in [-0.25, -0.2) is 8.42 Å². The molecule has 18 heavy (non-hydrogen) atoms. The molecular formula is C11H12N2O4S. The van der Waals surface area contributed by atoms with Gasteiger partial charge >= 0.3 is 0 Å². The Balaban J connectivity index is 2.12. The molecule has 0 radical (unpaired) electrons. The van der Waals surface area contributed by atoms with Crippen molar-refractivity contribution in [2.24, 2.45) is 0 Å². The van der Waals surface area contributed by atoms with Gasteiger partial charge in [-0.05, 0) is 17.7 Å². The van der Waals surface area contributed by atoms with Gasteiger partial charge in [-0.2, -0.15) is 4.98 Å². The molecular weight excluding hydrogens is 256 g/mol. The van der Waals surface area contributed by atoms with E-state index in [-0.39, 0.29) is 17.3 Å². The minimum atomic E-state index is -3.17. The molecule has 96 valence electrons. The number of rotatable bonds is 4. The van der Waals surface area contributed by atoms with Crippen LogP contribution >= 0.6 is 0 Å². The minimum absolute atomic E-state index is 0.146. The Hall–Kier alpha value is -1.89. The van der Waals surface area contributed by atoms with Gasteiger partial charge in [0.15, 0.2) is 15.7 Å². The number of phenolic OH excluding ortho intramolecular Hbond substituents is 1. The Morgan fingerprint density at radius 3 is 2.83 bits per heavy atom. The molecule has 0 amide bonds. The van der Waals surface area contributed by atoms with Crippen LogP contribution in [0.3, 0.4) is 0 Å². The zero-order valence-corrected chi connectivity index (χ0v) is 10.5. The maximum Gasteiger partial charge on any atom is 0.231 e. The second-order valence-corrected chi connectivity index (χ2v) is 6.16. The lowest BCUT2D eigenvalue weighted by atomic mass is 10.1. The van der Waals surface area contributed by atoms with Crippen molar-refractivity contribution in [2.45, 2.75) is 12.2 Å². The van der Waals surface area contributed by atoms with Crippen molar-refractivity contribution in [3.05, 3.63) is 41.5 Å². The van der Waals surface area contributed by atoms with Gasteiger partial charge in [0.25, 0.3) is 0 Å². The molecule has 0 atom stereocenters. The molecule has 0 bridgehead atoms. The third-order valence-corrected chi connectivity index (χ3v) is 2.95. The van der Waals surface area contributed by atoms with Crippen LogP contribution in [0.15, 0.2) is 28.8 Å². The van der Waals surface area contributed by atoms with Crippen LogP contribution in [-0.4, -0.2) is 29.9 Å². The van der Waals surface area contributed by atoms with Gasteiger partial charge in [-0.1, -0.05) is 17.3 Å². The van der Waals surface area contributed by atoms with E-state index in [2.05, 4.69) is 10.1 Å². The van der Waals surface area contributed by atoms with Crippen molar-refractivity contribution in [1.82, 2.24) is 10.1 Å². The van der Waals surface area contributed by atoms with Gasteiger partial charge in [-0.3, -0.25) is 0 Å². The predicted octanol–water partition coefficient (Wildman–Crippen LogP) is 0.911. The van der Waals surface area contributed by atoms with E-state index in [9.17, 15) is 13.5 Å². The topological polar surface area (TPSA) is 93.3 Å². The lowest BCUT2D eigenvalue weighted by Gasteiger charge is -1.96. The van der Waals surface area contributed by atoms with Crippen molar-refractivity contribution < 1.29 is 18.0 Å². The molecule has 2 rings (SSSR count). The van der Waals surface area contributed by atoms with Crippen LogP contribution in [-0.2, 0) is 22.0 Å². The molecule has 0 unspecified atom stereocenters. The first-order chi connectivity index (χ1) is 8.42. The lowest BCUT2D eigenvalue weighted by molar-refractivity contribution is 0.380. The van der Waals surface area contributed by atoms with Crippen LogP contribution in [0, 0.1) is 0 Å². The standard InChI is InChI=1S/C11H12N2O4S/c1-18(15,16)7-10-12-11(17-13-10)6-8-3-2-4-9(14)5-8/h2-5,14H,6-7H2,1H3. The molecule has 0 aliphatic rings. The number of aromatic hydroxyl groups is 1. The molecule has 2 aromatic rings. The monoisotopic (exact) mass is 268 g/mol. The van der Waals surface area contributed by atoms with Crippen LogP contribution in [0.2, 0.25) is 0 Å². The van der Waals surface area contributed by atoms with Crippen LogP contribution in [0.4, 0.5) is 0 Å². The van der Waals surface area contributed by atoms with E-state index in [4.69, 9.17) is 4.52 Å². The molecule has 0 aliphatic carbocycles. The van der Waals surface area contributed by atoms with Crippen molar-refractivity contribution in [2.75, 3.05) is 6.26 Å². The SMILES string of the molecule is CS(=O)(=O)Cc1noc(Cc2cccc(O)c2)n1. The molecule has 0 fully saturated rings. The third kappa shape index (κ3) is 3.56. The first-order valence-corrected chi connectivity index (χ1v) is 7.25. The number of sulfone groups is 1. The van der Waals surface area contributed by atoms with E-state index in [0.29, 0.717) is 12.3 Å². The van der Waals surface area contributed by atoms with E-state index >= 15 is 0 Å². The lowest BCUT2D eigenvalue weighted by Crippen LogP contribution is -2.02. The second kappa shape index (κ2) is 4.77. The highest BCUT2D eigenvalue weighted by atomic mass is 32.2. The highest BCUT2D eigenvalue weighted by Gasteiger charge is 2.12. The number of nitrogens with zero attached hydrogens (tertiary/aromatic N) is 2. The van der Waals surface area contributed by atoms with E-state index in [0.717, 1.165) is 11.8 Å². The average molecular weight is 268 g/mol. The third-order valence-electron chi connectivity index (χ3n) is 2.17. The molecule has 7 heteroatoms. The number of hydrogen-bond acceptors (Lipinski definition) is 6. The number of hydrogen-bond donors (Lipinski definition) is 1. The molecule has 1 N–H and O–H groups in total. The summed E-state index contributed by atoms with van der Waals surface area (Å²) in [6, 6.07) is 6.66. The Morgan fingerprint density at radius 1 is 1.39 bits per heavy atom. The molecule has 6 nitrogen and oxygen atoms in total.